The van der Waals surface area contributed by atoms with Gasteiger partial charge in [-0.1, -0.05) is 19.1 Å². The molecule has 0 spiro atoms. The monoisotopic (exact) mass is 290 g/mol. The maximum Gasteiger partial charge on any atom is 0.110 e. The van der Waals surface area contributed by atoms with Crippen LogP contribution in [0.2, 0.25) is 0 Å². The highest BCUT2D eigenvalue weighted by Crippen LogP contribution is 2.22. The molecule has 1 unspecified atom stereocenters. The first kappa shape index (κ1) is 15.1. The Balaban J connectivity index is 2.11. The third-order valence-corrected chi connectivity index (χ3v) is 4.22. The molecule has 0 fully saturated rings. The van der Waals surface area contributed by atoms with Gasteiger partial charge in [0.25, 0.3) is 0 Å². The van der Waals surface area contributed by atoms with Crippen LogP contribution in [0, 0.1) is 0 Å². The molecular weight excluding hydrogens is 268 g/mol. The van der Waals surface area contributed by atoms with Crippen LogP contribution in [0.3, 0.4) is 0 Å². The number of nitrogens with zero attached hydrogens (tertiary/aromatic N) is 2. The van der Waals surface area contributed by atoms with Gasteiger partial charge >= 0.3 is 0 Å². The maximum absolute atomic E-state index is 5.72. The smallest absolute Gasteiger partial charge is 0.110 e. The molecule has 2 aromatic rings. The molecule has 2 rings (SSSR count). The van der Waals surface area contributed by atoms with Crippen LogP contribution >= 0.6 is 11.8 Å². The molecule has 3 N–H and O–H groups in total. The highest BCUT2D eigenvalue weighted by atomic mass is 32.2. The number of hydrogen-bond acceptors (Lipinski definition) is 4. The minimum absolute atomic E-state index is 0.0865. The van der Waals surface area contributed by atoms with E-state index in [-0.39, 0.29) is 6.04 Å². The summed E-state index contributed by atoms with van der Waals surface area (Å²) in [7, 11) is 0. The van der Waals surface area contributed by atoms with Gasteiger partial charge in [0, 0.05) is 30.3 Å². The van der Waals surface area contributed by atoms with Gasteiger partial charge in [0.1, 0.15) is 5.82 Å². The Kier molecular flexibility index (Phi) is 5.64. The highest BCUT2D eigenvalue weighted by molar-refractivity contribution is 7.99. The molecule has 5 heteroatoms. The van der Waals surface area contributed by atoms with Crippen molar-refractivity contribution in [3.8, 4) is 0 Å². The van der Waals surface area contributed by atoms with Gasteiger partial charge in [0.2, 0.25) is 0 Å². The molecule has 0 aliphatic carbocycles. The number of imidazole rings is 1. The predicted octanol–water partition coefficient (Wildman–Crippen LogP) is 2.76. The molecule has 1 heterocycles. The quantitative estimate of drug-likeness (QED) is 0.468. The molecule has 1 atom stereocenters. The summed E-state index contributed by atoms with van der Waals surface area (Å²) in [5, 5.41) is 0. The second kappa shape index (κ2) is 7.47. The molecule has 20 heavy (non-hydrogen) atoms. The lowest BCUT2D eigenvalue weighted by Gasteiger charge is -2.17. The number of hydrogen-bond donors (Lipinski definition) is 2. The van der Waals surface area contributed by atoms with Crippen molar-refractivity contribution in [3.05, 3.63) is 48.0 Å². The van der Waals surface area contributed by atoms with E-state index in [0.717, 1.165) is 24.5 Å². The summed E-state index contributed by atoms with van der Waals surface area (Å²) in [4.78, 5) is 5.70. The standard InChI is InChI=1S/C15H22N4S/c1-3-19-10-9-17-15(19)11-14(18-16)12-5-7-13(8-6-12)20-4-2/h5-10,14,18H,3-4,11,16H2,1-2H3. The number of rotatable bonds is 7. The second-order valence-corrected chi connectivity index (χ2v) is 5.89. The zero-order chi connectivity index (χ0) is 14.4. The van der Waals surface area contributed by atoms with E-state index in [4.69, 9.17) is 5.84 Å². The number of aromatic nitrogens is 2. The van der Waals surface area contributed by atoms with Crippen molar-refractivity contribution in [1.82, 2.24) is 15.0 Å². The molecule has 0 amide bonds. The fraction of sp³-hybridized carbons (Fsp3) is 0.400. The number of nitrogens with two attached hydrogens (primary N) is 1. The fourth-order valence-corrected chi connectivity index (χ4v) is 2.90. The van der Waals surface area contributed by atoms with Gasteiger partial charge in [-0.3, -0.25) is 11.3 Å². The number of nitrogens with one attached hydrogen (secondary N) is 1. The van der Waals surface area contributed by atoms with Gasteiger partial charge in [-0.25, -0.2) is 4.98 Å². The molecule has 1 aromatic carbocycles. The number of thioether (sulfide) groups is 1. The lowest BCUT2D eigenvalue weighted by atomic mass is 10.0. The lowest BCUT2D eigenvalue weighted by molar-refractivity contribution is 0.523. The van der Waals surface area contributed by atoms with Gasteiger partial charge in [-0.2, -0.15) is 0 Å². The van der Waals surface area contributed by atoms with Crippen LogP contribution in [-0.2, 0) is 13.0 Å². The summed E-state index contributed by atoms with van der Waals surface area (Å²) >= 11 is 1.85. The van der Waals surface area contributed by atoms with Gasteiger partial charge < -0.3 is 4.57 Å². The van der Waals surface area contributed by atoms with Gasteiger partial charge in [0.05, 0.1) is 6.04 Å². The highest BCUT2D eigenvalue weighted by Gasteiger charge is 2.13. The normalized spacial score (nSPS) is 12.6. The largest absolute Gasteiger partial charge is 0.335 e. The topological polar surface area (TPSA) is 55.9 Å². The summed E-state index contributed by atoms with van der Waals surface area (Å²) in [6.45, 7) is 5.21. The molecular formula is C15H22N4S. The van der Waals surface area contributed by atoms with Crippen LogP contribution in [0.1, 0.15) is 31.3 Å². The summed E-state index contributed by atoms with van der Waals surface area (Å²) in [5.74, 6) is 7.86. The minimum Gasteiger partial charge on any atom is -0.335 e. The summed E-state index contributed by atoms with van der Waals surface area (Å²) < 4.78 is 2.14. The Hall–Kier alpha value is -1.30. The van der Waals surface area contributed by atoms with Crippen molar-refractivity contribution in [2.24, 2.45) is 5.84 Å². The van der Waals surface area contributed by atoms with Crippen molar-refractivity contribution in [2.75, 3.05) is 5.75 Å². The zero-order valence-electron chi connectivity index (χ0n) is 12.0. The average molecular weight is 290 g/mol. The minimum atomic E-state index is 0.0865. The van der Waals surface area contributed by atoms with Crippen molar-refractivity contribution >= 4 is 11.8 Å². The van der Waals surface area contributed by atoms with Crippen LogP contribution in [0.25, 0.3) is 0 Å². The Bertz CT molecular complexity index is 521. The van der Waals surface area contributed by atoms with Crippen molar-refractivity contribution < 1.29 is 0 Å². The molecule has 1 aromatic heterocycles. The summed E-state index contributed by atoms with van der Waals surface area (Å²) in [6.07, 6.45) is 4.63. The Morgan fingerprint density at radius 1 is 1.30 bits per heavy atom. The maximum atomic E-state index is 5.72. The van der Waals surface area contributed by atoms with E-state index < -0.39 is 0 Å². The van der Waals surface area contributed by atoms with Crippen molar-refractivity contribution in [1.29, 1.82) is 0 Å². The van der Waals surface area contributed by atoms with E-state index in [1.807, 2.05) is 24.2 Å². The van der Waals surface area contributed by atoms with E-state index in [9.17, 15) is 0 Å². The third kappa shape index (κ3) is 3.62. The predicted molar refractivity (Wildman–Crippen MR) is 84.5 cm³/mol. The Labute approximate surface area is 124 Å². The molecule has 0 aliphatic rings. The van der Waals surface area contributed by atoms with Crippen molar-refractivity contribution in [3.63, 3.8) is 0 Å². The lowest BCUT2D eigenvalue weighted by Crippen LogP contribution is -2.30. The van der Waals surface area contributed by atoms with Crippen LogP contribution in [0.5, 0.6) is 0 Å². The number of aryl methyl sites for hydroxylation is 1. The zero-order valence-corrected chi connectivity index (χ0v) is 12.9. The fourth-order valence-electron chi connectivity index (χ4n) is 2.24. The molecule has 4 nitrogen and oxygen atoms in total. The summed E-state index contributed by atoms with van der Waals surface area (Å²) in [6, 6.07) is 8.67. The van der Waals surface area contributed by atoms with Crippen LogP contribution in [0.4, 0.5) is 0 Å². The Morgan fingerprint density at radius 2 is 2.05 bits per heavy atom. The molecule has 0 saturated heterocycles. The van der Waals surface area contributed by atoms with E-state index in [1.54, 1.807) is 0 Å². The summed E-state index contributed by atoms with van der Waals surface area (Å²) in [5.41, 5.74) is 4.09. The van der Waals surface area contributed by atoms with Crippen LogP contribution < -0.4 is 11.3 Å². The van der Waals surface area contributed by atoms with Gasteiger partial charge in [0.15, 0.2) is 0 Å². The molecule has 0 radical (unpaired) electrons. The van der Waals surface area contributed by atoms with E-state index in [2.05, 4.69) is 53.1 Å². The first-order valence-electron chi connectivity index (χ1n) is 6.97. The molecule has 108 valence electrons. The van der Waals surface area contributed by atoms with Crippen LogP contribution in [-0.4, -0.2) is 15.3 Å². The first-order chi connectivity index (χ1) is 9.78. The third-order valence-electron chi connectivity index (χ3n) is 3.32. The molecule has 0 saturated carbocycles. The van der Waals surface area contributed by atoms with E-state index in [0.29, 0.717) is 0 Å². The second-order valence-electron chi connectivity index (χ2n) is 4.55. The van der Waals surface area contributed by atoms with Gasteiger partial charge in [-0.05, 0) is 30.4 Å². The van der Waals surface area contributed by atoms with E-state index in [1.165, 1.54) is 10.5 Å². The van der Waals surface area contributed by atoms with Gasteiger partial charge in [-0.15, -0.1) is 11.8 Å². The van der Waals surface area contributed by atoms with Crippen LogP contribution in [0.15, 0.2) is 41.6 Å². The number of hydrazine groups is 1. The van der Waals surface area contributed by atoms with Crippen molar-refractivity contribution in [2.45, 2.75) is 37.8 Å². The molecule has 0 aliphatic heterocycles. The SMILES string of the molecule is CCSc1ccc(C(Cc2nccn2CC)NN)cc1. The number of benzene rings is 1. The molecule has 0 bridgehead atoms. The average Bonchev–Trinajstić information content (AvgIpc) is 2.93. The first-order valence-corrected chi connectivity index (χ1v) is 7.95. The Morgan fingerprint density at radius 3 is 2.65 bits per heavy atom. The van der Waals surface area contributed by atoms with E-state index >= 15 is 0 Å².